The summed E-state index contributed by atoms with van der Waals surface area (Å²) < 4.78 is 1.03. The van der Waals surface area contributed by atoms with Gasteiger partial charge < -0.3 is 5.11 Å². The van der Waals surface area contributed by atoms with Gasteiger partial charge >= 0.3 is 5.97 Å². The summed E-state index contributed by atoms with van der Waals surface area (Å²) in [6.45, 7) is 2.02. The molecule has 0 saturated carbocycles. The first kappa shape index (κ1) is 13.6. The van der Waals surface area contributed by atoms with Crippen LogP contribution in [0.25, 0.3) is 0 Å². The van der Waals surface area contributed by atoms with Crippen molar-refractivity contribution in [3.63, 3.8) is 0 Å². The maximum Gasteiger partial charge on any atom is 0.305 e. The Kier molecular flexibility index (Phi) is 4.78. The van der Waals surface area contributed by atoms with Gasteiger partial charge in [0.2, 0.25) is 0 Å². The first-order valence-corrected chi connectivity index (χ1v) is 7.17. The van der Waals surface area contributed by atoms with Crippen LogP contribution in [-0.4, -0.2) is 29.1 Å². The SMILES string of the molecule is O=C(O)CC(c1ccc(Br)cc1)N1CCCCC1. The molecule has 1 heterocycles. The van der Waals surface area contributed by atoms with E-state index in [2.05, 4.69) is 20.8 Å². The summed E-state index contributed by atoms with van der Waals surface area (Å²) in [5.74, 6) is -0.728. The predicted molar refractivity (Wildman–Crippen MR) is 74.6 cm³/mol. The minimum atomic E-state index is -0.728. The van der Waals surface area contributed by atoms with Crippen LogP contribution >= 0.6 is 15.9 Å². The van der Waals surface area contributed by atoms with Gasteiger partial charge in [0.25, 0.3) is 0 Å². The molecule has 1 unspecified atom stereocenters. The summed E-state index contributed by atoms with van der Waals surface area (Å²) in [6.07, 6.45) is 3.79. The van der Waals surface area contributed by atoms with Gasteiger partial charge in [-0.15, -0.1) is 0 Å². The van der Waals surface area contributed by atoms with Gasteiger partial charge in [-0.25, -0.2) is 0 Å². The number of nitrogens with zero attached hydrogens (tertiary/aromatic N) is 1. The van der Waals surface area contributed by atoms with Crippen molar-refractivity contribution >= 4 is 21.9 Å². The van der Waals surface area contributed by atoms with Crippen LogP contribution in [0.1, 0.15) is 37.3 Å². The monoisotopic (exact) mass is 311 g/mol. The molecular formula is C14H18BrNO2. The molecule has 1 saturated heterocycles. The van der Waals surface area contributed by atoms with Gasteiger partial charge in [0.1, 0.15) is 0 Å². The van der Waals surface area contributed by atoms with Crippen LogP contribution in [0.4, 0.5) is 0 Å². The van der Waals surface area contributed by atoms with E-state index < -0.39 is 5.97 Å². The summed E-state index contributed by atoms with van der Waals surface area (Å²) in [5, 5.41) is 9.09. The molecule has 4 heteroatoms. The van der Waals surface area contributed by atoms with Crippen molar-refractivity contribution in [1.82, 2.24) is 4.90 Å². The van der Waals surface area contributed by atoms with E-state index in [0.717, 1.165) is 23.1 Å². The van der Waals surface area contributed by atoms with Crippen molar-refractivity contribution in [2.45, 2.75) is 31.7 Å². The minimum absolute atomic E-state index is 0.0101. The lowest BCUT2D eigenvalue weighted by molar-refractivity contribution is -0.138. The Morgan fingerprint density at radius 3 is 2.39 bits per heavy atom. The van der Waals surface area contributed by atoms with Crippen molar-refractivity contribution in [1.29, 1.82) is 0 Å². The average molecular weight is 312 g/mol. The van der Waals surface area contributed by atoms with Crippen molar-refractivity contribution in [2.24, 2.45) is 0 Å². The summed E-state index contributed by atoms with van der Waals surface area (Å²) in [4.78, 5) is 13.4. The van der Waals surface area contributed by atoms with Gasteiger partial charge in [-0.05, 0) is 43.6 Å². The van der Waals surface area contributed by atoms with Crippen molar-refractivity contribution in [2.75, 3.05) is 13.1 Å². The number of benzene rings is 1. The predicted octanol–water partition coefficient (Wildman–Crippen LogP) is 3.45. The molecule has 1 fully saturated rings. The van der Waals surface area contributed by atoms with Crippen LogP contribution in [0.2, 0.25) is 0 Å². The van der Waals surface area contributed by atoms with Crippen LogP contribution < -0.4 is 0 Å². The number of hydrogen-bond acceptors (Lipinski definition) is 2. The van der Waals surface area contributed by atoms with E-state index in [1.807, 2.05) is 24.3 Å². The van der Waals surface area contributed by atoms with Gasteiger partial charge in [0.05, 0.1) is 6.42 Å². The maximum atomic E-state index is 11.1. The summed E-state index contributed by atoms with van der Waals surface area (Å²) in [7, 11) is 0. The number of likely N-dealkylation sites (tertiary alicyclic amines) is 1. The number of carbonyl (C=O) groups is 1. The van der Waals surface area contributed by atoms with Crippen LogP contribution in [-0.2, 0) is 4.79 Å². The van der Waals surface area contributed by atoms with E-state index in [1.54, 1.807) is 0 Å². The van der Waals surface area contributed by atoms with Gasteiger partial charge in [-0.1, -0.05) is 34.5 Å². The smallest absolute Gasteiger partial charge is 0.305 e. The fourth-order valence-corrected chi connectivity index (χ4v) is 2.80. The van der Waals surface area contributed by atoms with Crippen LogP contribution in [0.5, 0.6) is 0 Å². The third kappa shape index (κ3) is 3.56. The Hall–Kier alpha value is -0.870. The number of piperidine rings is 1. The second-order valence-electron chi connectivity index (χ2n) is 4.76. The number of rotatable bonds is 4. The number of aliphatic carboxylic acids is 1. The Balaban J connectivity index is 2.17. The molecule has 0 spiro atoms. The molecule has 0 aromatic heterocycles. The maximum absolute atomic E-state index is 11.1. The molecule has 0 radical (unpaired) electrons. The fourth-order valence-electron chi connectivity index (χ4n) is 2.54. The van der Waals surface area contributed by atoms with Gasteiger partial charge in [0, 0.05) is 10.5 Å². The molecule has 3 nitrogen and oxygen atoms in total. The molecule has 1 aliphatic rings. The Morgan fingerprint density at radius 2 is 1.83 bits per heavy atom. The number of halogens is 1. The fraction of sp³-hybridized carbons (Fsp3) is 0.500. The van der Waals surface area contributed by atoms with E-state index >= 15 is 0 Å². The number of carboxylic acids is 1. The first-order chi connectivity index (χ1) is 8.66. The summed E-state index contributed by atoms with van der Waals surface area (Å²) in [5.41, 5.74) is 1.10. The van der Waals surface area contributed by atoms with E-state index in [-0.39, 0.29) is 12.5 Å². The minimum Gasteiger partial charge on any atom is -0.481 e. The Bertz CT molecular complexity index is 399. The lowest BCUT2D eigenvalue weighted by Gasteiger charge is -2.34. The lowest BCUT2D eigenvalue weighted by Crippen LogP contribution is -2.34. The van der Waals surface area contributed by atoms with E-state index in [4.69, 9.17) is 5.11 Å². The Labute approximate surface area is 116 Å². The largest absolute Gasteiger partial charge is 0.481 e. The summed E-state index contributed by atoms with van der Waals surface area (Å²) in [6, 6.07) is 8.01. The molecule has 18 heavy (non-hydrogen) atoms. The van der Waals surface area contributed by atoms with Crippen LogP contribution in [0, 0.1) is 0 Å². The molecule has 98 valence electrons. The first-order valence-electron chi connectivity index (χ1n) is 6.38. The molecule has 1 atom stereocenters. The number of hydrogen-bond donors (Lipinski definition) is 1. The third-order valence-electron chi connectivity index (χ3n) is 3.45. The van der Waals surface area contributed by atoms with Gasteiger partial charge in [-0.3, -0.25) is 9.69 Å². The molecule has 2 rings (SSSR count). The van der Waals surface area contributed by atoms with E-state index in [9.17, 15) is 4.79 Å². The van der Waals surface area contributed by atoms with Crippen molar-refractivity contribution in [3.8, 4) is 0 Å². The highest BCUT2D eigenvalue weighted by atomic mass is 79.9. The molecule has 1 N–H and O–H groups in total. The lowest BCUT2D eigenvalue weighted by atomic mass is 9.99. The molecule has 0 amide bonds. The third-order valence-corrected chi connectivity index (χ3v) is 3.98. The van der Waals surface area contributed by atoms with E-state index in [1.165, 1.54) is 19.3 Å². The van der Waals surface area contributed by atoms with Crippen molar-refractivity contribution in [3.05, 3.63) is 34.3 Å². The molecule has 1 aliphatic heterocycles. The zero-order valence-corrected chi connectivity index (χ0v) is 11.9. The molecule has 0 bridgehead atoms. The normalized spacial score (nSPS) is 18.5. The molecule has 1 aromatic rings. The summed E-state index contributed by atoms with van der Waals surface area (Å²) >= 11 is 3.41. The average Bonchev–Trinajstić information content (AvgIpc) is 2.38. The molecule has 1 aromatic carbocycles. The Morgan fingerprint density at radius 1 is 1.22 bits per heavy atom. The highest BCUT2D eigenvalue weighted by Gasteiger charge is 2.24. The van der Waals surface area contributed by atoms with Gasteiger partial charge in [-0.2, -0.15) is 0 Å². The van der Waals surface area contributed by atoms with Gasteiger partial charge in [0.15, 0.2) is 0 Å². The van der Waals surface area contributed by atoms with Crippen LogP contribution in [0.15, 0.2) is 28.7 Å². The second-order valence-corrected chi connectivity index (χ2v) is 5.68. The second kappa shape index (κ2) is 6.34. The highest BCUT2D eigenvalue weighted by Crippen LogP contribution is 2.28. The van der Waals surface area contributed by atoms with Crippen molar-refractivity contribution < 1.29 is 9.90 Å². The zero-order valence-electron chi connectivity index (χ0n) is 10.3. The topological polar surface area (TPSA) is 40.5 Å². The van der Waals surface area contributed by atoms with E-state index in [0.29, 0.717) is 0 Å². The van der Waals surface area contributed by atoms with Crippen LogP contribution in [0.3, 0.4) is 0 Å². The zero-order chi connectivity index (χ0) is 13.0. The number of carboxylic acid groups (broad SMARTS) is 1. The molecule has 0 aliphatic carbocycles. The standard InChI is InChI=1S/C14H18BrNO2/c15-12-6-4-11(5-7-12)13(10-14(17)18)16-8-2-1-3-9-16/h4-7,13H,1-3,8-10H2,(H,17,18). The quantitative estimate of drug-likeness (QED) is 0.926. The highest BCUT2D eigenvalue weighted by molar-refractivity contribution is 9.10. The molecular weight excluding hydrogens is 294 g/mol.